The van der Waals surface area contributed by atoms with E-state index in [0.29, 0.717) is 6.04 Å². The number of nitrogens with one attached hydrogen (secondary N) is 1. The predicted octanol–water partition coefficient (Wildman–Crippen LogP) is 2.09. The lowest BCUT2D eigenvalue weighted by Crippen LogP contribution is -2.21. The van der Waals surface area contributed by atoms with Gasteiger partial charge in [-0.3, -0.25) is 0 Å². The summed E-state index contributed by atoms with van der Waals surface area (Å²) in [5.41, 5.74) is 1.35. The highest BCUT2D eigenvalue weighted by atomic mass is 15.0. The molecule has 0 radical (unpaired) electrons. The van der Waals surface area contributed by atoms with Gasteiger partial charge >= 0.3 is 0 Å². The molecule has 0 aliphatic heterocycles. The third-order valence-corrected chi connectivity index (χ3v) is 2.13. The average molecular weight is 166 g/mol. The minimum absolute atomic E-state index is 0.463. The maximum atomic E-state index is 3.45. The normalized spacial score (nSPS) is 13.2. The first-order valence-corrected chi connectivity index (χ1v) is 4.60. The van der Waals surface area contributed by atoms with Gasteiger partial charge in [0, 0.05) is 25.0 Å². The molecule has 12 heavy (non-hydrogen) atoms. The molecule has 1 unspecified atom stereocenters. The minimum Gasteiger partial charge on any atom is -0.353 e. The summed E-state index contributed by atoms with van der Waals surface area (Å²) in [6.07, 6.45) is 3.27. The fourth-order valence-corrected chi connectivity index (χ4v) is 1.39. The lowest BCUT2D eigenvalue weighted by atomic mass is 10.2. The molecule has 0 aliphatic rings. The summed E-state index contributed by atoms with van der Waals surface area (Å²) in [4.78, 5) is 0. The van der Waals surface area contributed by atoms with Gasteiger partial charge in [-0.25, -0.2) is 0 Å². The molecule has 0 aliphatic carbocycles. The van der Waals surface area contributed by atoms with Crippen LogP contribution in [0, 0.1) is 0 Å². The highest BCUT2D eigenvalue weighted by Gasteiger charge is 2.05. The number of aromatic nitrogens is 1. The second-order valence-corrected chi connectivity index (χ2v) is 3.22. The third kappa shape index (κ3) is 2.11. The number of aryl methyl sites for hydroxylation is 1. The molecule has 1 rings (SSSR count). The zero-order valence-electron chi connectivity index (χ0n) is 8.17. The van der Waals surface area contributed by atoms with Crippen LogP contribution in [0.3, 0.4) is 0 Å². The molecule has 68 valence electrons. The van der Waals surface area contributed by atoms with Gasteiger partial charge in [-0.05, 0) is 32.0 Å². The van der Waals surface area contributed by atoms with E-state index in [1.165, 1.54) is 12.1 Å². The minimum atomic E-state index is 0.463. The monoisotopic (exact) mass is 166 g/mol. The second kappa shape index (κ2) is 4.31. The Bertz CT molecular complexity index is 227. The van der Waals surface area contributed by atoms with E-state index >= 15 is 0 Å². The quantitative estimate of drug-likeness (QED) is 0.724. The largest absolute Gasteiger partial charge is 0.353 e. The van der Waals surface area contributed by atoms with Crippen LogP contribution in [0.1, 0.15) is 32.0 Å². The van der Waals surface area contributed by atoms with E-state index in [4.69, 9.17) is 0 Å². The van der Waals surface area contributed by atoms with E-state index in [2.05, 4.69) is 49.1 Å². The molecule has 0 saturated heterocycles. The second-order valence-electron chi connectivity index (χ2n) is 3.22. The van der Waals surface area contributed by atoms with Crippen molar-refractivity contribution in [3.05, 3.63) is 24.0 Å². The lowest BCUT2D eigenvalue weighted by molar-refractivity contribution is 0.542. The van der Waals surface area contributed by atoms with Gasteiger partial charge in [-0.1, -0.05) is 6.92 Å². The first-order chi connectivity index (χ1) is 5.75. The molecule has 1 N–H and O–H groups in total. The molecule has 1 aromatic heterocycles. The van der Waals surface area contributed by atoms with Crippen LogP contribution in [0.25, 0.3) is 0 Å². The van der Waals surface area contributed by atoms with Crippen molar-refractivity contribution in [1.82, 2.24) is 9.88 Å². The fourth-order valence-electron chi connectivity index (χ4n) is 1.39. The molecular weight excluding hydrogens is 148 g/mol. The van der Waals surface area contributed by atoms with E-state index in [-0.39, 0.29) is 0 Å². The van der Waals surface area contributed by atoms with Crippen molar-refractivity contribution >= 4 is 0 Å². The van der Waals surface area contributed by atoms with Gasteiger partial charge in [0.05, 0.1) is 0 Å². The van der Waals surface area contributed by atoms with Crippen LogP contribution < -0.4 is 5.32 Å². The fraction of sp³-hybridized carbons (Fsp3) is 0.600. The van der Waals surface area contributed by atoms with E-state index in [9.17, 15) is 0 Å². The van der Waals surface area contributed by atoms with E-state index < -0.39 is 0 Å². The van der Waals surface area contributed by atoms with Gasteiger partial charge in [-0.2, -0.15) is 0 Å². The van der Waals surface area contributed by atoms with Crippen molar-refractivity contribution in [2.45, 2.75) is 26.3 Å². The van der Waals surface area contributed by atoms with Gasteiger partial charge in [0.15, 0.2) is 0 Å². The van der Waals surface area contributed by atoms with Crippen LogP contribution in [0.4, 0.5) is 0 Å². The van der Waals surface area contributed by atoms with Crippen LogP contribution in [0.2, 0.25) is 0 Å². The van der Waals surface area contributed by atoms with Crippen LogP contribution in [-0.4, -0.2) is 11.1 Å². The molecule has 1 atom stereocenters. The van der Waals surface area contributed by atoms with E-state index in [1.807, 2.05) is 0 Å². The molecule has 0 saturated carbocycles. The van der Waals surface area contributed by atoms with Gasteiger partial charge < -0.3 is 9.88 Å². The molecule has 0 fully saturated rings. The SMILES string of the molecule is CCCNC(C)c1cccn1C. The van der Waals surface area contributed by atoms with Crippen molar-refractivity contribution in [2.24, 2.45) is 7.05 Å². The number of nitrogens with zero attached hydrogens (tertiary/aromatic N) is 1. The van der Waals surface area contributed by atoms with Gasteiger partial charge in [-0.15, -0.1) is 0 Å². The van der Waals surface area contributed by atoms with E-state index in [1.54, 1.807) is 0 Å². The Kier molecular flexibility index (Phi) is 3.35. The molecule has 2 nitrogen and oxygen atoms in total. The maximum Gasteiger partial charge on any atom is 0.0446 e. The molecule has 0 bridgehead atoms. The smallest absolute Gasteiger partial charge is 0.0446 e. The van der Waals surface area contributed by atoms with Crippen molar-refractivity contribution in [3.8, 4) is 0 Å². The summed E-state index contributed by atoms with van der Waals surface area (Å²) in [5.74, 6) is 0. The molecule has 0 spiro atoms. The molecule has 0 aromatic carbocycles. The first-order valence-electron chi connectivity index (χ1n) is 4.60. The van der Waals surface area contributed by atoms with Gasteiger partial charge in [0.1, 0.15) is 0 Å². The summed E-state index contributed by atoms with van der Waals surface area (Å²) in [6.45, 7) is 5.47. The van der Waals surface area contributed by atoms with Crippen molar-refractivity contribution < 1.29 is 0 Å². The van der Waals surface area contributed by atoms with Crippen molar-refractivity contribution in [1.29, 1.82) is 0 Å². The summed E-state index contributed by atoms with van der Waals surface area (Å²) in [5, 5.41) is 3.45. The average Bonchev–Trinajstić information content (AvgIpc) is 2.47. The summed E-state index contributed by atoms with van der Waals surface area (Å²) < 4.78 is 2.16. The lowest BCUT2D eigenvalue weighted by Gasteiger charge is -2.13. The van der Waals surface area contributed by atoms with Gasteiger partial charge in [0.25, 0.3) is 0 Å². The molecule has 2 heteroatoms. The Morgan fingerprint density at radius 3 is 2.83 bits per heavy atom. The van der Waals surface area contributed by atoms with Crippen LogP contribution in [0.15, 0.2) is 18.3 Å². The Morgan fingerprint density at radius 2 is 2.33 bits per heavy atom. The van der Waals surface area contributed by atoms with E-state index in [0.717, 1.165) is 6.54 Å². The maximum absolute atomic E-state index is 3.45. The Balaban J connectivity index is 2.52. The van der Waals surface area contributed by atoms with Crippen LogP contribution >= 0.6 is 0 Å². The zero-order valence-corrected chi connectivity index (χ0v) is 8.17. The van der Waals surface area contributed by atoms with Crippen LogP contribution in [-0.2, 0) is 7.05 Å². The number of hydrogen-bond donors (Lipinski definition) is 1. The molecule has 1 aromatic rings. The topological polar surface area (TPSA) is 17.0 Å². The third-order valence-electron chi connectivity index (χ3n) is 2.13. The number of rotatable bonds is 4. The zero-order chi connectivity index (χ0) is 8.97. The highest BCUT2D eigenvalue weighted by molar-refractivity contribution is 5.10. The van der Waals surface area contributed by atoms with Crippen molar-refractivity contribution in [2.75, 3.05) is 6.54 Å². The summed E-state index contributed by atoms with van der Waals surface area (Å²) in [7, 11) is 2.08. The Morgan fingerprint density at radius 1 is 1.58 bits per heavy atom. The molecular formula is C10H18N2. The highest BCUT2D eigenvalue weighted by Crippen LogP contribution is 2.11. The summed E-state index contributed by atoms with van der Waals surface area (Å²) >= 11 is 0. The molecule has 0 amide bonds. The predicted molar refractivity (Wildman–Crippen MR) is 52.1 cm³/mol. The molecule has 1 heterocycles. The Labute approximate surface area is 74.6 Å². The van der Waals surface area contributed by atoms with Gasteiger partial charge in [0.2, 0.25) is 0 Å². The number of hydrogen-bond acceptors (Lipinski definition) is 1. The standard InChI is InChI=1S/C10H18N2/c1-4-7-11-9(2)10-6-5-8-12(10)3/h5-6,8-9,11H,4,7H2,1-3H3. The summed E-state index contributed by atoms with van der Waals surface area (Å²) in [6, 6.07) is 4.71. The van der Waals surface area contributed by atoms with Crippen molar-refractivity contribution in [3.63, 3.8) is 0 Å². The Hall–Kier alpha value is -0.760. The first kappa shape index (κ1) is 9.33. The van der Waals surface area contributed by atoms with Crippen LogP contribution in [0.5, 0.6) is 0 Å².